The predicted molar refractivity (Wildman–Crippen MR) is 99.0 cm³/mol. The Hall–Kier alpha value is -1.99. The van der Waals surface area contributed by atoms with Crippen molar-refractivity contribution in [3.05, 3.63) is 29.6 Å². The first-order valence-electron chi connectivity index (χ1n) is 9.76. The number of rotatable bonds is 4. The fourth-order valence-corrected chi connectivity index (χ4v) is 4.58. The van der Waals surface area contributed by atoms with Crippen LogP contribution in [0.25, 0.3) is 0 Å². The maximum atomic E-state index is 13.8. The highest BCUT2D eigenvalue weighted by Gasteiger charge is 2.40. The molecule has 0 spiro atoms. The Morgan fingerprint density at radius 3 is 2.78 bits per heavy atom. The van der Waals surface area contributed by atoms with Crippen LogP contribution < -0.4 is 10.6 Å². The van der Waals surface area contributed by atoms with Gasteiger partial charge in [-0.05, 0) is 36.6 Å². The Morgan fingerprint density at radius 1 is 1.30 bits per heavy atom. The topological polar surface area (TPSA) is 70.7 Å². The molecule has 1 aliphatic carbocycles. The first-order valence-corrected chi connectivity index (χ1v) is 9.76. The minimum Gasteiger partial charge on any atom is -0.379 e. The molecule has 0 unspecified atom stereocenters. The molecule has 0 radical (unpaired) electrons. The largest absolute Gasteiger partial charge is 0.379 e. The van der Waals surface area contributed by atoms with Crippen LogP contribution >= 0.6 is 0 Å². The second-order valence-corrected chi connectivity index (χ2v) is 7.90. The van der Waals surface area contributed by atoms with Gasteiger partial charge in [-0.2, -0.15) is 0 Å². The lowest BCUT2D eigenvalue weighted by atomic mass is 9.87. The molecule has 1 saturated carbocycles. The number of anilines is 1. The maximum absolute atomic E-state index is 13.8. The summed E-state index contributed by atoms with van der Waals surface area (Å²) in [5.74, 6) is -1.42. The number of morpholine rings is 1. The van der Waals surface area contributed by atoms with Gasteiger partial charge < -0.3 is 15.4 Å². The first kappa shape index (κ1) is 18.4. The lowest BCUT2D eigenvalue weighted by Gasteiger charge is -2.39. The van der Waals surface area contributed by atoms with E-state index in [4.69, 9.17) is 4.74 Å². The molecule has 1 saturated heterocycles. The number of amides is 2. The van der Waals surface area contributed by atoms with E-state index in [1.165, 1.54) is 18.2 Å². The molecule has 2 heterocycles. The third kappa shape index (κ3) is 3.99. The van der Waals surface area contributed by atoms with Crippen molar-refractivity contribution in [2.75, 3.05) is 38.2 Å². The van der Waals surface area contributed by atoms with Crippen LogP contribution in [0.2, 0.25) is 0 Å². The minimum absolute atomic E-state index is 0.0515. The molecule has 0 bridgehead atoms. The average molecular weight is 375 g/mol. The van der Waals surface area contributed by atoms with Gasteiger partial charge >= 0.3 is 0 Å². The first-order chi connectivity index (χ1) is 13.0. The van der Waals surface area contributed by atoms with E-state index in [9.17, 15) is 14.0 Å². The third-order valence-electron chi connectivity index (χ3n) is 5.95. The van der Waals surface area contributed by atoms with E-state index >= 15 is 0 Å². The van der Waals surface area contributed by atoms with E-state index in [0.29, 0.717) is 11.3 Å². The number of nitrogens with one attached hydrogen (secondary N) is 2. The summed E-state index contributed by atoms with van der Waals surface area (Å²) in [4.78, 5) is 27.6. The Labute approximate surface area is 158 Å². The van der Waals surface area contributed by atoms with Gasteiger partial charge in [-0.15, -0.1) is 0 Å². The van der Waals surface area contributed by atoms with Gasteiger partial charge in [0.2, 0.25) is 11.8 Å². The third-order valence-corrected chi connectivity index (χ3v) is 5.95. The molecule has 3 aliphatic rings. The fraction of sp³-hybridized carbons (Fsp3) is 0.600. The molecule has 2 N–H and O–H groups in total. The number of halogens is 1. The van der Waals surface area contributed by atoms with E-state index in [-0.39, 0.29) is 23.8 Å². The fourth-order valence-electron chi connectivity index (χ4n) is 4.58. The second-order valence-electron chi connectivity index (χ2n) is 7.90. The number of ether oxygens (including phenoxy) is 1. The van der Waals surface area contributed by atoms with Crippen molar-refractivity contribution in [1.29, 1.82) is 0 Å². The Balaban J connectivity index is 1.53. The van der Waals surface area contributed by atoms with Gasteiger partial charge in [0.05, 0.1) is 24.7 Å². The van der Waals surface area contributed by atoms with Crippen LogP contribution in [0.3, 0.4) is 0 Å². The predicted octanol–water partition coefficient (Wildman–Crippen LogP) is 2.01. The summed E-state index contributed by atoms with van der Waals surface area (Å²) in [7, 11) is 0. The summed E-state index contributed by atoms with van der Waals surface area (Å²) in [6.07, 6.45) is 4.09. The van der Waals surface area contributed by atoms with Crippen molar-refractivity contribution in [2.24, 2.45) is 0 Å². The van der Waals surface area contributed by atoms with Gasteiger partial charge in [-0.1, -0.05) is 12.8 Å². The summed E-state index contributed by atoms with van der Waals surface area (Å²) in [5, 5.41) is 6.00. The SMILES string of the molecule is O=C1C[C@H](C(=O)NC2(CN3CCOCC3)CCCC2)c2cc(F)ccc2N1. The molecule has 2 aliphatic heterocycles. The van der Waals surface area contributed by atoms with Crippen LogP contribution in [0.15, 0.2) is 18.2 Å². The van der Waals surface area contributed by atoms with Gasteiger partial charge in [0, 0.05) is 31.7 Å². The number of carbonyl (C=O) groups excluding carboxylic acids is 2. The van der Waals surface area contributed by atoms with E-state index in [0.717, 1.165) is 58.5 Å². The normalized spacial score (nSPS) is 24.9. The lowest BCUT2D eigenvalue weighted by molar-refractivity contribution is -0.128. The molecule has 7 heteroatoms. The summed E-state index contributed by atoms with van der Waals surface area (Å²) >= 11 is 0. The summed E-state index contributed by atoms with van der Waals surface area (Å²) in [5.41, 5.74) is 0.823. The molecule has 1 aromatic carbocycles. The summed E-state index contributed by atoms with van der Waals surface area (Å²) < 4.78 is 19.2. The molecule has 1 aromatic rings. The van der Waals surface area contributed by atoms with Crippen molar-refractivity contribution < 1.29 is 18.7 Å². The van der Waals surface area contributed by atoms with Crippen LogP contribution in [-0.2, 0) is 14.3 Å². The zero-order valence-corrected chi connectivity index (χ0v) is 15.4. The van der Waals surface area contributed by atoms with Gasteiger partial charge in [0.15, 0.2) is 0 Å². The summed E-state index contributed by atoms with van der Waals surface area (Å²) in [6.45, 7) is 3.99. The number of fused-ring (bicyclic) bond motifs is 1. The molecule has 2 fully saturated rings. The Kier molecular flexibility index (Phi) is 5.14. The molecule has 4 rings (SSSR count). The highest BCUT2D eigenvalue weighted by atomic mass is 19.1. The van der Waals surface area contributed by atoms with Crippen molar-refractivity contribution in [3.63, 3.8) is 0 Å². The number of hydrogen-bond acceptors (Lipinski definition) is 4. The molecular weight excluding hydrogens is 349 g/mol. The maximum Gasteiger partial charge on any atom is 0.228 e. The molecule has 27 heavy (non-hydrogen) atoms. The number of nitrogens with zero attached hydrogens (tertiary/aromatic N) is 1. The smallest absolute Gasteiger partial charge is 0.228 e. The van der Waals surface area contributed by atoms with Gasteiger partial charge in [0.1, 0.15) is 5.82 Å². The van der Waals surface area contributed by atoms with Crippen molar-refractivity contribution in [1.82, 2.24) is 10.2 Å². The molecule has 1 atom stereocenters. The van der Waals surface area contributed by atoms with Crippen molar-refractivity contribution in [2.45, 2.75) is 43.6 Å². The Bertz CT molecular complexity index is 727. The monoisotopic (exact) mass is 375 g/mol. The van der Waals surface area contributed by atoms with Gasteiger partial charge in [-0.3, -0.25) is 14.5 Å². The van der Waals surface area contributed by atoms with Crippen LogP contribution in [0.1, 0.15) is 43.6 Å². The average Bonchev–Trinajstić information content (AvgIpc) is 3.10. The van der Waals surface area contributed by atoms with Crippen molar-refractivity contribution in [3.8, 4) is 0 Å². The quantitative estimate of drug-likeness (QED) is 0.845. The van der Waals surface area contributed by atoms with Crippen molar-refractivity contribution >= 4 is 17.5 Å². The molecule has 6 nitrogen and oxygen atoms in total. The summed E-state index contributed by atoms with van der Waals surface area (Å²) in [6, 6.07) is 4.19. The van der Waals surface area contributed by atoms with E-state index in [2.05, 4.69) is 15.5 Å². The highest BCUT2D eigenvalue weighted by Crippen LogP contribution is 2.36. The Morgan fingerprint density at radius 2 is 2.04 bits per heavy atom. The van der Waals surface area contributed by atoms with E-state index < -0.39 is 11.7 Å². The van der Waals surface area contributed by atoms with E-state index in [1.54, 1.807) is 0 Å². The number of hydrogen-bond donors (Lipinski definition) is 2. The van der Waals surface area contributed by atoms with Gasteiger partial charge in [-0.25, -0.2) is 4.39 Å². The number of carbonyl (C=O) groups is 2. The minimum atomic E-state index is -0.647. The standard InChI is InChI=1S/C20H26FN3O3/c21-14-3-4-17-15(11-14)16(12-18(25)22-17)19(26)23-20(5-1-2-6-20)13-24-7-9-27-10-8-24/h3-4,11,16H,1-2,5-10,12-13H2,(H,22,25)(H,23,26)/t16-/m0/s1. The zero-order chi connectivity index (χ0) is 18.9. The second kappa shape index (κ2) is 7.56. The molecule has 0 aromatic heterocycles. The van der Waals surface area contributed by atoms with Crippen LogP contribution in [0.4, 0.5) is 10.1 Å². The van der Waals surface area contributed by atoms with Crippen LogP contribution in [0.5, 0.6) is 0 Å². The zero-order valence-electron chi connectivity index (χ0n) is 15.4. The van der Waals surface area contributed by atoms with Crippen LogP contribution in [-0.4, -0.2) is 55.1 Å². The molecule has 2 amide bonds. The highest BCUT2D eigenvalue weighted by molar-refractivity contribution is 6.01. The molecular formula is C20H26FN3O3. The molecule has 146 valence electrons. The number of benzene rings is 1. The lowest BCUT2D eigenvalue weighted by Crippen LogP contribution is -2.56. The van der Waals surface area contributed by atoms with Gasteiger partial charge in [0.25, 0.3) is 0 Å². The van der Waals surface area contributed by atoms with E-state index in [1.807, 2.05) is 0 Å². The van der Waals surface area contributed by atoms with Crippen LogP contribution in [0, 0.1) is 5.82 Å².